The van der Waals surface area contributed by atoms with Crippen molar-refractivity contribution in [2.45, 2.75) is 71.4 Å². The van der Waals surface area contributed by atoms with Crippen LogP contribution in [0.2, 0.25) is 0 Å². The van der Waals surface area contributed by atoms with Gasteiger partial charge in [-0.15, -0.1) is 0 Å². The molecule has 0 aromatic carbocycles. The molecule has 1 heterocycles. The van der Waals surface area contributed by atoms with Crippen LogP contribution in [0.3, 0.4) is 0 Å². The van der Waals surface area contributed by atoms with E-state index in [1.54, 1.807) is 0 Å². The highest BCUT2D eigenvalue weighted by Gasteiger charge is 2.34. The molecule has 0 spiro atoms. The van der Waals surface area contributed by atoms with Crippen LogP contribution in [0, 0.1) is 5.41 Å². The van der Waals surface area contributed by atoms with Gasteiger partial charge < -0.3 is 15.3 Å². The number of likely N-dealkylation sites (tertiary alicyclic amines) is 1. The summed E-state index contributed by atoms with van der Waals surface area (Å²) in [6.45, 7) is 11.7. The van der Waals surface area contributed by atoms with E-state index >= 15 is 0 Å². The second kappa shape index (κ2) is 7.05. The standard InChI is InChI=1S/C16H34N2O/c1-6-16(7-2)8-10-18(11-9-16)14(3)12-15(4,13-19)17-5/h14,17,19H,6-13H2,1-5H3. The third kappa shape index (κ3) is 4.17. The van der Waals surface area contributed by atoms with Gasteiger partial charge in [-0.25, -0.2) is 0 Å². The normalized spacial score (nSPS) is 24.9. The molecule has 0 amide bonds. The molecular formula is C16H34N2O. The molecule has 2 atom stereocenters. The van der Waals surface area contributed by atoms with E-state index in [9.17, 15) is 5.11 Å². The topological polar surface area (TPSA) is 35.5 Å². The Balaban J connectivity index is 2.51. The van der Waals surface area contributed by atoms with Crippen molar-refractivity contribution in [3.05, 3.63) is 0 Å². The predicted octanol–water partition coefficient (Wildman–Crippen LogP) is 2.64. The van der Waals surface area contributed by atoms with Crippen LogP contribution >= 0.6 is 0 Å². The van der Waals surface area contributed by atoms with Gasteiger partial charge in [0.15, 0.2) is 0 Å². The number of aliphatic hydroxyl groups is 1. The molecular weight excluding hydrogens is 236 g/mol. The number of nitrogens with zero attached hydrogens (tertiary/aromatic N) is 1. The Hall–Kier alpha value is -0.120. The molecule has 3 nitrogen and oxygen atoms in total. The first-order valence-electron chi connectivity index (χ1n) is 7.98. The summed E-state index contributed by atoms with van der Waals surface area (Å²) in [6.07, 6.45) is 6.30. The molecule has 1 rings (SSSR count). The van der Waals surface area contributed by atoms with E-state index in [4.69, 9.17) is 0 Å². The first-order valence-corrected chi connectivity index (χ1v) is 7.98. The lowest BCUT2D eigenvalue weighted by Gasteiger charge is -2.44. The SMILES string of the molecule is CCC1(CC)CCN(C(C)CC(C)(CO)NC)CC1. The van der Waals surface area contributed by atoms with Crippen molar-refractivity contribution < 1.29 is 5.11 Å². The lowest BCUT2D eigenvalue weighted by Crippen LogP contribution is -2.51. The second-order valence-electron chi connectivity index (χ2n) is 6.76. The molecule has 0 radical (unpaired) electrons. The molecule has 1 aliphatic heterocycles. The van der Waals surface area contributed by atoms with Gasteiger partial charge in [0.05, 0.1) is 6.61 Å². The predicted molar refractivity (Wildman–Crippen MR) is 82.5 cm³/mol. The fraction of sp³-hybridized carbons (Fsp3) is 1.00. The van der Waals surface area contributed by atoms with E-state index in [1.807, 2.05) is 7.05 Å². The first kappa shape index (κ1) is 16.9. The highest BCUT2D eigenvalue weighted by Crippen LogP contribution is 2.38. The molecule has 0 bridgehead atoms. The van der Waals surface area contributed by atoms with Gasteiger partial charge in [-0.3, -0.25) is 0 Å². The zero-order chi connectivity index (χ0) is 14.5. The molecule has 0 aromatic rings. The smallest absolute Gasteiger partial charge is 0.0611 e. The minimum atomic E-state index is -0.149. The Bertz CT molecular complexity index is 249. The molecule has 2 N–H and O–H groups in total. The third-order valence-electron chi connectivity index (χ3n) is 5.68. The largest absolute Gasteiger partial charge is 0.394 e. The Morgan fingerprint density at radius 2 is 1.79 bits per heavy atom. The second-order valence-corrected chi connectivity index (χ2v) is 6.76. The van der Waals surface area contributed by atoms with Crippen LogP contribution < -0.4 is 5.32 Å². The molecule has 0 aromatic heterocycles. The molecule has 19 heavy (non-hydrogen) atoms. The van der Waals surface area contributed by atoms with Crippen LogP contribution in [0.5, 0.6) is 0 Å². The first-order chi connectivity index (χ1) is 8.94. The minimum absolute atomic E-state index is 0.149. The summed E-state index contributed by atoms with van der Waals surface area (Å²) >= 11 is 0. The number of aliphatic hydroxyl groups excluding tert-OH is 1. The van der Waals surface area contributed by atoms with E-state index < -0.39 is 0 Å². The minimum Gasteiger partial charge on any atom is -0.394 e. The molecule has 1 aliphatic rings. The summed E-state index contributed by atoms with van der Waals surface area (Å²) in [7, 11) is 1.94. The quantitative estimate of drug-likeness (QED) is 0.746. The fourth-order valence-electron chi connectivity index (χ4n) is 3.42. The third-order valence-corrected chi connectivity index (χ3v) is 5.68. The lowest BCUT2D eigenvalue weighted by atomic mass is 9.74. The van der Waals surface area contributed by atoms with Gasteiger partial charge in [-0.05, 0) is 58.7 Å². The molecule has 0 aliphatic carbocycles. The summed E-state index contributed by atoms with van der Waals surface area (Å²) in [5.74, 6) is 0. The zero-order valence-corrected chi connectivity index (χ0v) is 13.6. The molecule has 3 heteroatoms. The summed E-state index contributed by atoms with van der Waals surface area (Å²) in [5, 5.41) is 12.8. The molecule has 1 fully saturated rings. The Morgan fingerprint density at radius 1 is 1.26 bits per heavy atom. The lowest BCUT2D eigenvalue weighted by molar-refractivity contribution is 0.0518. The number of likely N-dealkylation sites (N-methyl/N-ethyl adjacent to an activating group) is 1. The van der Waals surface area contributed by atoms with Crippen LogP contribution in [0.25, 0.3) is 0 Å². The van der Waals surface area contributed by atoms with Gasteiger partial charge in [0, 0.05) is 11.6 Å². The average molecular weight is 270 g/mol. The number of rotatable bonds is 7. The maximum absolute atomic E-state index is 9.51. The van der Waals surface area contributed by atoms with E-state index in [0.29, 0.717) is 11.5 Å². The van der Waals surface area contributed by atoms with E-state index in [0.717, 1.165) is 6.42 Å². The van der Waals surface area contributed by atoms with Gasteiger partial charge in [0.25, 0.3) is 0 Å². The monoisotopic (exact) mass is 270 g/mol. The van der Waals surface area contributed by atoms with E-state index in [2.05, 4.69) is 37.9 Å². The van der Waals surface area contributed by atoms with Crippen LogP contribution in [-0.4, -0.2) is 48.3 Å². The van der Waals surface area contributed by atoms with Crippen molar-refractivity contribution in [3.8, 4) is 0 Å². The zero-order valence-electron chi connectivity index (χ0n) is 13.6. The Morgan fingerprint density at radius 3 is 2.16 bits per heavy atom. The highest BCUT2D eigenvalue weighted by molar-refractivity contribution is 4.90. The van der Waals surface area contributed by atoms with Crippen LogP contribution in [0.1, 0.15) is 59.8 Å². The maximum Gasteiger partial charge on any atom is 0.0611 e. The molecule has 0 saturated carbocycles. The summed E-state index contributed by atoms with van der Waals surface area (Å²) in [4.78, 5) is 2.61. The van der Waals surface area contributed by atoms with Gasteiger partial charge in [-0.2, -0.15) is 0 Å². The van der Waals surface area contributed by atoms with Crippen LogP contribution in [0.15, 0.2) is 0 Å². The number of hydrogen-bond acceptors (Lipinski definition) is 3. The van der Waals surface area contributed by atoms with Gasteiger partial charge in [-0.1, -0.05) is 26.7 Å². The Labute approximate surface area is 119 Å². The Kier molecular flexibility index (Phi) is 6.28. The maximum atomic E-state index is 9.51. The highest BCUT2D eigenvalue weighted by atomic mass is 16.3. The van der Waals surface area contributed by atoms with Crippen molar-refractivity contribution in [2.75, 3.05) is 26.7 Å². The summed E-state index contributed by atoms with van der Waals surface area (Å²) in [6, 6.07) is 0.538. The van der Waals surface area contributed by atoms with Crippen molar-refractivity contribution in [2.24, 2.45) is 5.41 Å². The average Bonchev–Trinajstić information content (AvgIpc) is 2.47. The molecule has 2 unspecified atom stereocenters. The van der Waals surface area contributed by atoms with Crippen molar-refractivity contribution >= 4 is 0 Å². The molecule has 1 saturated heterocycles. The fourth-order valence-corrected chi connectivity index (χ4v) is 3.42. The van der Waals surface area contributed by atoms with Gasteiger partial charge in [0.2, 0.25) is 0 Å². The van der Waals surface area contributed by atoms with Gasteiger partial charge >= 0.3 is 0 Å². The summed E-state index contributed by atoms with van der Waals surface area (Å²) < 4.78 is 0. The van der Waals surface area contributed by atoms with Crippen LogP contribution in [-0.2, 0) is 0 Å². The van der Waals surface area contributed by atoms with Crippen molar-refractivity contribution in [1.82, 2.24) is 10.2 Å². The molecule has 114 valence electrons. The number of nitrogens with one attached hydrogen (secondary N) is 1. The van der Waals surface area contributed by atoms with Gasteiger partial charge in [0.1, 0.15) is 0 Å². The van der Waals surface area contributed by atoms with Crippen LogP contribution in [0.4, 0.5) is 0 Å². The van der Waals surface area contributed by atoms with E-state index in [-0.39, 0.29) is 12.1 Å². The summed E-state index contributed by atoms with van der Waals surface area (Å²) in [5.41, 5.74) is 0.447. The number of piperidine rings is 1. The van der Waals surface area contributed by atoms with Crippen molar-refractivity contribution in [1.29, 1.82) is 0 Å². The van der Waals surface area contributed by atoms with E-state index in [1.165, 1.54) is 38.8 Å². The number of hydrogen-bond donors (Lipinski definition) is 2. The van der Waals surface area contributed by atoms with Crippen molar-refractivity contribution in [3.63, 3.8) is 0 Å².